The zero-order chi connectivity index (χ0) is 23.7. The van der Waals surface area contributed by atoms with Crippen LogP contribution in [0.4, 0.5) is 0 Å². The van der Waals surface area contributed by atoms with Crippen LogP contribution in [-0.2, 0) is 12.8 Å². The van der Waals surface area contributed by atoms with E-state index in [1.54, 1.807) is 11.3 Å². The smallest absolute Gasteiger partial charge is 0.260 e. The lowest BCUT2D eigenvalue weighted by Crippen LogP contribution is -2.13. The SMILES string of the molecule is Cc1ccc(C(C)C)c(OCCOc2ccccc2-c2nc3sc4c(c3c(=O)[nH]2)CCCC4)c1. The van der Waals surface area contributed by atoms with E-state index in [2.05, 4.69) is 44.0 Å². The summed E-state index contributed by atoms with van der Waals surface area (Å²) in [4.78, 5) is 23.0. The molecule has 0 atom stereocenters. The highest BCUT2D eigenvalue weighted by Gasteiger charge is 2.21. The van der Waals surface area contributed by atoms with Gasteiger partial charge in [0.05, 0.1) is 10.9 Å². The standard InChI is InChI=1S/C28H30N2O3S/c1-17(2)19-13-12-18(3)16-23(19)33-15-14-32-22-10-6-4-8-20(22)26-29-27(31)25-21-9-5-7-11-24(21)34-28(25)30-26/h4,6,8,10,12-13,16-17H,5,7,9,11,14-15H2,1-3H3,(H,29,30,31). The summed E-state index contributed by atoms with van der Waals surface area (Å²) in [6.45, 7) is 7.22. The van der Waals surface area contributed by atoms with Crippen molar-refractivity contribution in [2.45, 2.75) is 52.4 Å². The number of hydrogen-bond acceptors (Lipinski definition) is 5. The number of nitrogens with zero attached hydrogens (tertiary/aromatic N) is 1. The van der Waals surface area contributed by atoms with Crippen LogP contribution in [0.15, 0.2) is 47.3 Å². The molecule has 0 radical (unpaired) electrons. The second-order valence-corrected chi connectivity index (χ2v) is 10.3. The van der Waals surface area contributed by atoms with Gasteiger partial charge < -0.3 is 14.5 Å². The monoisotopic (exact) mass is 474 g/mol. The molecule has 6 heteroatoms. The third-order valence-corrected chi connectivity index (χ3v) is 7.54. The van der Waals surface area contributed by atoms with E-state index in [0.29, 0.717) is 30.7 Å². The van der Waals surface area contributed by atoms with Crippen molar-refractivity contribution in [2.24, 2.45) is 0 Å². The van der Waals surface area contributed by atoms with Gasteiger partial charge in [0.15, 0.2) is 0 Å². The zero-order valence-corrected chi connectivity index (χ0v) is 20.8. The number of aromatic amines is 1. The molecule has 2 heterocycles. The number of ether oxygens (including phenoxy) is 2. The van der Waals surface area contributed by atoms with Crippen LogP contribution in [0.2, 0.25) is 0 Å². The summed E-state index contributed by atoms with van der Waals surface area (Å²) in [5, 5.41) is 0.773. The van der Waals surface area contributed by atoms with Gasteiger partial charge in [-0.1, -0.05) is 38.1 Å². The van der Waals surface area contributed by atoms with Gasteiger partial charge in [-0.2, -0.15) is 0 Å². The molecule has 176 valence electrons. The van der Waals surface area contributed by atoms with E-state index in [0.717, 1.165) is 40.8 Å². The fourth-order valence-electron chi connectivity index (χ4n) is 4.63. The Balaban J connectivity index is 1.35. The summed E-state index contributed by atoms with van der Waals surface area (Å²) in [5.41, 5.74) is 4.29. The maximum absolute atomic E-state index is 13.0. The van der Waals surface area contributed by atoms with E-state index < -0.39 is 0 Å². The Labute approximate surface area is 203 Å². The van der Waals surface area contributed by atoms with Crippen LogP contribution in [0.1, 0.15) is 54.2 Å². The molecule has 0 bridgehead atoms. The molecular weight excluding hydrogens is 444 g/mol. The van der Waals surface area contributed by atoms with E-state index >= 15 is 0 Å². The van der Waals surface area contributed by atoms with Crippen LogP contribution < -0.4 is 15.0 Å². The number of aromatic nitrogens is 2. The van der Waals surface area contributed by atoms with E-state index in [4.69, 9.17) is 14.5 Å². The first-order valence-electron chi connectivity index (χ1n) is 12.0. The molecule has 2 aromatic carbocycles. The number of thiophene rings is 1. The summed E-state index contributed by atoms with van der Waals surface area (Å²) >= 11 is 1.66. The van der Waals surface area contributed by atoms with Crippen LogP contribution in [0, 0.1) is 6.92 Å². The van der Waals surface area contributed by atoms with Crippen LogP contribution in [0.25, 0.3) is 21.6 Å². The van der Waals surface area contributed by atoms with Crippen molar-refractivity contribution in [3.63, 3.8) is 0 Å². The molecule has 0 unspecified atom stereocenters. The molecular formula is C28H30N2O3S. The maximum Gasteiger partial charge on any atom is 0.260 e. The summed E-state index contributed by atoms with van der Waals surface area (Å²) in [5.74, 6) is 2.53. The van der Waals surface area contributed by atoms with Gasteiger partial charge in [-0.05, 0) is 73.4 Å². The van der Waals surface area contributed by atoms with Crippen LogP contribution in [-0.4, -0.2) is 23.2 Å². The molecule has 0 spiro atoms. The van der Waals surface area contributed by atoms with Gasteiger partial charge in [-0.25, -0.2) is 4.98 Å². The topological polar surface area (TPSA) is 64.2 Å². The van der Waals surface area contributed by atoms with Crippen molar-refractivity contribution < 1.29 is 9.47 Å². The molecule has 0 aliphatic heterocycles. The van der Waals surface area contributed by atoms with Gasteiger partial charge in [0.2, 0.25) is 0 Å². The molecule has 34 heavy (non-hydrogen) atoms. The first-order chi connectivity index (χ1) is 16.5. The molecule has 1 aliphatic carbocycles. The molecule has 2 aromatic heterocycles. The number of para-hydroxylation sites is 1. The third-order valence-electron chi connectivity index (χ3n) is 6.36. The minimum absolute atomic E-state index is 0.0572. The predicted octanol–water partition coefficient (Wildman–Crippen LogP) is 6.42. The fraction of sp³-hybridized carbons (Fsp3) is 0.357. The average Bonchev–Trinajstić information content (AvgIpc) is 3.21. The Bertz CT molecular complexity index is 1390. The lowest BCUT2D eigenvalue weighted by atomic mass is 9.97. The molecule has 0 saturated heterocycles. The minimum atomic E-state index is -0.0572. The molecule has 0 fully saturated rings. The summed E-state index contributed by atoms with van der Waals surface area (Å²) in [6.07, 6.45) is 4.34. The average molecular weight is 475 g/mol. The number of H-pyrrole nitrogens is 1. The first-order valence-corrected chi connectivity index (χ1v) is 12.8. The first kappa shape index (κ1) is 22.7. The second-order valence-electron chi connectivity index (χ2n) is 9.19. The van der Waals surface area contributed by atoms with Crippen molar-refractivity contribution in [3.05, 3.63) is 74.4 Å². The lowest BCUT2D eigenvalue weighted by molar-refractivity contribution is 0.216. The quantitative estimate of drug-likeness (QED) is 0.314. The van der Waals surface area contributed by atoms with Crippen LogP contribution in [0.5, 0.6) is 11.5 Å². The largest absolute Gasteiger partial charge is 0.490 e. The van der Waals surface area contributed by atoms with E-state index in [9.17, 15) is 4.79 Å². The van der Waals surface area contributed by atoms with Gasteiger partial charge in [-0.3, -0.25) is 4.79 Å². The predicted molar refractivity (Wildman–Crippen MR) is 139 cm³/mol. The van der Waals surface area contributed by atoms with Gasteiger partial charge >= 0.3 is 0 Å². The van der Waals surface area contributed by atoms with Crippen LogP contribution >= 0.6 is 11.3 Å². The van der Waals surface area contributed by atoms with Crippen molar-refractivity contribution in [3.8, 4) is 22.9 Å². The Morgan fingerprint density at radius 3 is 2.62 bits per heavy atom. The minimum Gasteiger partial charge on any atom is -0.490 e. The van der Waals surface area contributed by atoms with E-state index in [1.165, 1.54) is 28.0 Å². The summed E-state index contributed by atoms with van der Waals surface area (Å²) in [6, 6.07) is 14.0. The fourth-order valence-corrected chi connectivity index (χ4v) is 5.89. The third kappa shape index (κ3) is 4.47. The molecule has 4 aromatic rings. The van der Waals surface area contributed by atoms with Gasteiger partial charge in [0.1, 0.15) is 35.4 Å². The lowest BCUT2D eigenvalue weighted by Gasteiger charge is -2.16. The summed E-state index contributed by atoms with van der Waals surface area (Å²) < 4.78 is 12.2. The number of hydrogen-bond donors (Lipinski definition) is 1. The van der Waals surface area contributed by atoms with Crippen molar-refractivity contribution in [1.82, 2.24) is 9.97 Å². The van der Waals surface area contributed by atoms with Crippen molar-refractivity contribution >= 4 is 21.6 Å². The van der Waals surface area contributed by atoms with Crippen molar-refractivity contribution in [1.29, 1.82) is 0 Å². The van der Waals surface area contributed by atoms with Gasteiger partial charge in [0, 0.05) is 4.88 Å². The zero-order valence-electron chi connectivity index (χ0n) is 19.9. The Hall–Kier alpha value is -3.12. The number of benzene rings is 2. The molecule has 5 nitrogen and oxygen atoms in total. The molecule has 1 N–H and O–H groups in total. The maximum atomic E-state index is 13.0. The number of nitrogens with one attached hydrogen (secondary N) is 1. The molecule has 5 rings (SSSR count). The second kappa shape index (κ2) is 9.63. The highest BCUT2D eigenvalue weighted by atomic mass is 32.1. The Kier molecular flexibility index (Phi) is 6.42. The molecule has 0 amide bonds. The van der Waals surface area contributed by atoms with E-state index in [1.807, 2.05) is 24.3 Å². The number of rotatable bonds is 7. The van der Waals surface area contributed by atoms with E-state index in [-0.39, 0.29) is 5.56 Å². The molecule has 0 saturated carbocycles. The molecule has 1 aliphatic rings. The van der Waals surface area contributed by atoms with Gasteiger partial charge in [0.25, 0.3) is 5.56 Å². The summed E-state index contributed by atoms with van der Waals surface area (Å²) in [7, 11) is 0. The van der Waals surface area contributed by atoms with Crippen molar-refractivity contribution in [2.75, 3.05) is 13.2 Å². The Morgan fingerprint density at radius 2 is 1.79 bits per heavy atom. The normalized spacial score (nSPS) is 13.3. The number of fused-ring (bicyclic) bond motifs is 3. The van der Waals surface area contributed by atoms with Gasteiger partial charge in [-0.15, -0.1) is 11.3 Å². The Morgan fingerprint density at radius 1 is 1.03 bits per heavy atom. The van der Waals surface area contributed by atoms with Crippen LogP contribution in [0.3, 0.4) is 0 Å². The number of aryl methyl sites for hydroxylation is 3. The highest BCUT2D eigenvalue weighted by Crippen LogP contribution is 2.35. The highest BCUT2D eigenvalue weighted by molar-refractivity contribution is 7.18.